The van der Waals surface area contributed by atoms with Crippen LogP contribution in [0.2, 0.25) is 0 Å². The van der Waals surface area contributed by atoms with Gasteiger partial charge in [-0.3, -0.25) is 0 Å². The van der Waals surface area contributed by atoms with E-state index in [9.17, 15) is 4.79 Å². The largest absolute Gasteiger partial charge is 0.465 e. The summed E-state index contributed by atoms with van der Waals surface area (Å²) in [7, 11) is 1.41. The first-order valence-corrected chi connectivity index (χ1v) is 9.05. The Balaban J connectivity index is 1.85. The zero-order valence-electron chi connectivity index (χ0n) is 13.8. The molecule has 0 amide bonds. The van der Waals surface area contributed by atoms with Crippen LogP contribution in [0.1, 0.15) is 15.9 Å². The summed E-state index contributed by atoms with van der Waals surface area (Å²) in [6.07, 6.45) is 0. The van der Waals surface area contributed by atoms with Crippen molar-refractivity contribution in [3.63, 3.8) is 0 Å². The summed E-state index contributed by atoms with van der Waals surface area (Å²) < 4.78 is 4.94. The molecule has 1 aromatic heterocycles. The van der Waals surface area contributed by atoms with E-state index in [1.165, 1.54) is 12.7 Å². The number of carbonyl (C=O) groups is 1. The van der Waals surface area contributed by atoms with Crippen LogP contribution < -0.4 is 0 Å². The van der Waals surface area contributed by atoms with Gasteiger partial charge in [0, 0.05) is 26.9 Å². The van der Waals surface area contributed by atoms with Gasteiger partial charge in [0.2, 0.25) is 0 Å². The third-order valence-electron chi connectivity index (χ3n) is 4.27. The Bertz CT molecular complexity index is 1050. The summed E-state index contributed by atoms with van der Waals surface area (Å²) in [4.78, 5) is 16.7. The Morgan fingerprint density at radius 2 is 1.76 bits per heavy atom. The molecule has 3 nitrogen and oxygen atoms in total. The molecule has 0 saturated heterocycles. The first kappa shape index (κ1) is 15.8. The number of para-hydroxylation sites is 1. The molecule has 0 bridgehead atoms. The number of benzene rings is 3. The van der Waals surface area contributed by atoms with Crippen LogP contribution >= 0.6 is 11.8 Å². The quantitative estimate of drug-likeness (QED) is 0.397. The van der Waals surface area contributed by atoms with Crippen LogP contribution in [0.25, 0.3) is 21.8 Å². The number of aromatic amines is 1. The van der Waals surface area contributed by atoms with Crippen LogP contribution in [0.15, 0.2) is 71.6 Å². The third kappa shape index (κ3) is 2.89. The third-order valence-corrected chi connectivity index (χ3v) is 5.39. The van der Waals surface area contributed by atoms with Crippen molar-refractivity contribution in [1.29, 1.82) is 0 Å². The standard InChI is InChI=1S/C21H17NO2S/c1-24-21(23)16-11-12-18(25-13-14-7-3-2-4-8-14)19-15-9-5-6-10-17(15)22-20(16)19/h2-12,22H,13H2,1H3. The minimum atomic E-state index is -0.323. The Labute approximate surface area is 150 Å². The number of H-pyrrole nitrogens is 1. The maximum atomic E-state index is 12.1. The molecule has 4 aromatic rings. The van der Waals surface area contributed by atoms with Gasteiger partial charge in [0.15, 0.2) is 0 Å². The topological polar surface area (TPSA) is 42.1 Å². The maximum absolute atomic E-state index is 12.1. The summed E-state index contributed by atoms with van der Waals surface area (Å²) in [6, 6.07) is 22.4. The molecule has 124 valence electrons. The number of hydrogen-bond donors (Lipinski definition) is 1. The van der Waals surface area contributed by atoms with Gasteiger partial charge in [-0.25, -0.2) is 4.79 Å². The number of fused-ring (bicyclic) bond motifs is 3. The van der Waals surface area contributed by atoms with Crippen molar-refractivity contribution in [3.8, 4) is 0 Å². The van der Waals surface area contributed by atoms with Crippen molar-refractivity contribution < 1.29 is 9.53 Å². The predicted molar refractivity (Wildman–Crippen MR) is 103 cm³/mol. The molecule has 0 aliphatic heterocycles. The second-order valence-corrected chi connectivity index (χ2v) is 6.81. The van der Waals surface area contributed by atoms with E-state index in [-0.39, 0.29) is 5.97 Å². The van der Waals surface area contributed by atoms with Crippen molar-refractivity contribution in [2.75, 3.05) is 7.11 Å². The molecule has 1 heterocycles. The fourth-order valence-electron chi connectivity index (χ4n) is 3.06. The Kier molecular flexibility index (Phi) is 4.20. The number of aromatic nitrogens is 1. The number of esters is 1. The van der Waals surface area contributed by atoms with E-state index < -0.39 is 0 Å². The number of methoxy groups -OCH3 is 1. The molecule has 4 heteroatoms. The molecule has 0 spiro atoms. The van der Waals surface area contributed by atoms with E-state index in [1.807, 2.05) is 36.4 Å². The molecule has 0 unspecified atom stereocenters. The van der Waals surface area contributed by atoms with Crippen LogP contribution in [0.3, 0.4) is 0 Å². The molecule has 0 aliphatic rings. The van der Waals surface area contributed by atoms with E-state index in [0.717, 1.165) is 32.5 Å². The normalized spacial score (nSPS) is 11.1. The lowest BCUT2D eigenvalue weighted by Gasteiger charge is -2.07. The Morgan fingerprint density at radius 1 is 1.00 bits per heavy atom. The lowest BCUT2D eigenvalue weighted by Crippen LogP contribution is -2.02. The molecule has 25 heavy (non-hydrogen) atoms. The van der Waals surface area contributed by atoms with Crippen LogP contribution in [0.5, 0.6) is 0 Å². The number of ether oxygens (including phenoxy) is 1. The van der Waals surface area contributed by atoms with Gasteiger partial charge in [-0.15, -0.1) is 11.8 Å². The van der Waals surface area contributed by atoms with Crippen molar-refractivity contribution in [1.82, 2.24) is 4.98 Å². The summed E-state index contributed by atoms with van der Waals surface area (Å²) in [6.45, 7) is 0. The Hall–Kier alpha value is -2.72. The van der Waals surface area contributed by atoms with Crippen molar-refractivity contribution >= 4 is 39.5 Å². The average Bonchev–Trinajstić information content (AvgIpc) is 3.06. The summed E-state index contributed by atoms with van der Waals surface area (Å²) in [5.74, 6) is 0.559. The van der Waals surface area contributed by atoms with E-state index >= 15 is 0 Å². The zero-order valence-corrected chi connectivity index (χ0v) is 14.6. The fraction of sp³-hybridized carbons (Fsp3) is 0.0952. The number of hydrogen-bond acceptors (Lipinski definition) is 3. The fourth-order valence-corrected chi connectivity index (χ4v) is 4.10. The van der Waals surface area contributed by atoms with E-state index in [4.69, 9.17) is 4.74 Å². The smallest absolute Gasteiger partial charge is 0.339 e. The molecular weight excluding hydrogens is 330 g/mol. The molecule has 0 saturated carbocycles. The minimum absolute atomic E-state index is 0.323. The second kappa shape index (κ2) is 6.65. The molecule has 0 radical (unpaired) electrons. The van der Waals surface area contributed by atoms with Crippen LogP contribution in [-0.2, 0) is 10.5 Å². The highest BCUT2D eigenvalue weighted by Crippen LogP contribution is 2.37. The van der Waals surface area contributed by atoms with Crippen LogP contribution in [0, 0.1) is 0 Å². The zero-order chi connectivity index (χ0) is 17.2. The molecule has 1 N–H and O–H groups in total. The number of rotatable bonds is 4. The van der Waals surface area contributed by atoms with Gasteiger partial charge in [-0.2, -0.15) is 0 Å². The summed E-state index contributed by atoms with van der Waals surface area (Å²) >= 11 is 1.78. The molecule has 3 aromatic carbocycles. The molecule has 4 rings (SSSR count). The SMILES string of the molecule is COC(=O)c1ccc(SCc2ccccc2)c2c1[nH]c1ccccc12. The summed E-state index contributed by atoms with van der Waals surface area (Å²) in [5.41, 5.74) is 3.71. The number of carbonyl (C=O) groups excluding carboxylic acids is 1. The van der Waals surface area contributed by atoms with Gasteiger partial charge in [0.25, 0.3) is 0 Å². The highest BCUT2D eigenvalue weighted by molar-refractivity contribution is 7.98. The van der Waals surface area contributed by atoms with Gasteiger partial charge >= 0.3 is 5.97 Å². The van der Waals surface area contributed by atoms with Crippen LogP contribution in [0.4, 0.5) is 0 Å². The first-order valence-electron chi connectivity index (χ1n) is 8.06. The summed E-state index contributed by atoms with van der Waals surface area (Å²) in [5, 5.41) is 2.21. The van der Waals surface area contributed by atoms with Gasteiger partial charge in [-0.05, 0) is 23.8 Å². The second-order valence-electron chi connectivity index (χ2n) is 5.80. The average molecular weight is 347 g/mol. The molecule has 0 atom stereocenters. The maximum Gasteiger partial charge on any atom is 0.339 e. The molecule has 0 fully saturated rings. The lowest BCUT2D eigenvalue weighted by atomic mass is 10.1. The monoisotopic (exact) mass is 347 g/mol. The Morgan fingerprint density at radius 3 is 2.56 bits per heavy atom. The number of thioether (sulfide) groups is 1. The van der Waals surface area contributed by atoms with Gasteiger partial charge in [-0.1, -0.05) is 48.5 Å². The van der Waals surface area contributed by atoms with E-state index in [0.29, 0.717) is 5.56 Å². The number of nitrogens with one attached hydrogen (secondary N) is 1. The lowest BCUT2D eigenvalue weighted by molar-refractivity contribution is 0.0603. The van der Waals surface area contributed by atoms with Crippen LogP contribution in [-0.4, -0.2) is 18.1 Å². The highest BCUT2D eigenvalue weighted by atomic mass is 32.2. The van der Waals surface area contributed by atoms with Gasteiger partial charge in [0.1, 0.15) is 0 Å². The van der Waals surface area contributed by atoms with Gasteiger partial charge in [0.05, 0.1) is 18.2 Å². The van der Waals surface area contributed by atoms with Crippen molar-refractivity contribution in [3.05, 3.63) is 77.9 Å². The van der Waals surface area contributed by atoms with Gasteiger partial charge < -0.3 is 9.72 Å². The minimum Gasteiger partial charge on any atom is -0.465 e. The predicted octanol–water partition coefficient (Wildman–Crippen LogP) is 5.40. The van der Waals surface area contributed by atoms with E-state index in [2.05, 4.69) is 35.3 Å². The van der Waals surface area contributed by atoms with Crippen molar-refractivity contribution in [2.24, 2.45) is 0 Å². The molecular formula is C21H17NO2S. The van der Waals surface area contributed by atoms with Crippen molar-refractivity contribution in [2.45, 2.75) is 10.6 Å². The molecule has 0 aliphatic carbocycles. The van der Waals surface area contributed by atoms with E-state index in [1.54, 1.807) is 11.8 Å². The first-order chi connectivity index (χ1) is 12.3. The highest BCUT2D eigenvalue weighted by Gasteiger charge is 2.17.